The Hall–Kier alpha value is -3.35. The van der Waals surface area contributed by atoms with Crippen LogP contribution < -0.4 is 14.4 Å². The molecule has 3 heterocycles. The molecule has 7 nitrogen and oxygen atoms in total. The van der Waals surface area contributed by atoms with Crippen molar-refractivity contribution in [2.75, 3.05) is 25.7 Å². The lowest BCUT2D eigenvalue weighted by molar-refractivity contribution is -0.141. The maximum Gasteiger partial charge on any atom is 0.247 e. The zero-order chi connectivity index (χ0) is 23.7. The third-order valence-electron chi connectivity index (χ3n) is 7.36. The van der Waals surface area contributed by atoms with E-state index in [2.05, 4.69) is 35.0 Å². The summed E-state index contributed by atoms with van der Waals surface area (Å²) < 4.78 is 11.0. The van der Waals surface area contributed by atoms with E-state index in [-0.39, 0.29) is 29.8 Å². The number of allylic oxidation sites excluding steroid dienone is 2. The van der Waals surface area contributed by atoms with Crippen molar-refractivity contribution in [3.63, 3.8) is 0 Å². The number of aromatic nitrogens is 1. The molecule has 2 unspecified atom stereocenters. The molecule has 1 aliphatic carbocycles. The van der Waals surface area contributed by atoms with E-state index in [1.807, 2.05) is 36.5 Å². The van der Waals surface area contributed by atoms with E-state index in [1.165, 1.54) is 0 Å². The summed E-state index contributed by atoms with van der Waals surface area (Å²) in [7, 11) is 3.28. The molecule has 3 aliphatic rings. The molecule has 2 aromatic rings. The molecular weight excluding hydrogens is 428 g/mol. The van der Waals surface area contributed by atoms with Gasteiger partial charge in [0, 0.05) is 30.3 Å². The van der Waals surface area contributed by atoms with Crippen molar-refractivity contribution in [1.82, 2.24) is 9.99 Å². The third-order valence-corrected chi connectivity index (χ3v) is 7.36. The Morgan fingerprint density at radius 2 is 1.79 bits per heavy atom. The lowest BCUT2D eigenvalue weighted by Gasteiger charge is -2.45. The summed E-state index contributed by atoms with van der Waals surface area (Å²) >= 11 is 0. The number of pyridine rings is 1. The van der Waals surface area contributed by atoms with Gasteiger partial charge in [-0.15, -0.1) is 0 Å². The third kappa shape index (κ3) is 4.04. The van der Waals surface area contributed by atoms with E-state index in [0.29, 0.717) is 11.5 Å². The summed E-state index contributed by atoms with van der Waals surface area (Å²) in [5.74, 6) is 2.51. The summed E-state index contributed by atoms with van der Waals surface area (Å²) in [6, 6.07) is 12.3. The van der Waals surface area contributed by atoms with Gasteiger partial charge in [-0.05, 0) is 62.9 Å². The first kappa shape index (κ1) is 22.4. The van der Waals surface area contributed by atoms with E-state index in [1.54, 1.807) is 19.2 Å². The molecule has 1 aromatic heterocycles. The second kappa shape index (κ2) is 9.49. The van der Waals surface area contributed by atoms with Gasteiger partial charge >= 0.3 is 0 Å². The van der Waals surface area contributed by atoms with Crippen LogP contribution in [-0.2, 0) is 4.79 Å². The maximum absolute atomic E-state index is 13.6. The fraction of sp³-hybridized carbons (Fsp3) is 0.444. The Labute approximate surface area is 201 Å². The van der Waals surface area contributed by atoms with E-state index < -0.39 is 0 Å². The average Bonchev–Trinajstić information content (AvgIpc) is 2.89. The largest absolute Gasteiger partial charge is 0.493 e. The number of fused-ring (bicyclic) bond motifs is 1. The van der Waals surface area contributed by atoms with Crippen LogP contribution in [-0.4, -0.2) is 54.5 Å². The lowest BCUT2D eigenvalue weighted by atomic mass is 9.76. The molecule has 0 spiro atoms. The minimum atomic E-state index is -0.0743. The van der Waals surface area contributed by atoms with Crippen LogP contribution in [0.3, 0.4) is 0 Å². The van der Waals surface area contributed by atoms with Crippen molar-refractivity contribution >= 4 is 17.4 Å². The number of hydrazone groups is 1. The predicted octanol–water partition coefficient (Wildman–Crippen LogP) is 4.29. The predicted molar refractivity (Wildman–Crippen MR) is 132 cm³/mol. The Balaban J connectivity index is 1.46. The molecule has 4 atom stereocenters. The minimum absolute atomic E-state index is 0.0736. The number of hydrogen-bond donors (Lipinski definition) is 0. The van der Waals surface area contributed by atoms with Crippen LogP contribution in [0.2, 0.25) is 0 Å². The zero-order valence-corrected chi connectivity index (χ0v) is 20.1. The van der Waals surface area contributed by atoms with E-state index in [0.717, 1.165) is 49.3 Å². The summed E-state index contributed by atoms with van der Waals surface area (Å²) in [5, 5.41) is 6.84. The smallest absolute Gasteiger partial charge is 0.247 e. The highest BCUT2D eigenvalue weighted by molar-refractivity contribution is 6.07. The van der Waals surface area contributed by atoms with E-state index in [4.69, 9.17) is 14.6 Å². The normalized spacial score (nSPS) is 26.7. The van der Waals surface area contributed by atoms with Gasteiger partial charge in [-0.1, -0.05) is 18.2 Å². The lowest BCUT2D eigenvalue weighted by Crippen LogP contribution is -2.54. The van der Waals surface area contributed by atoms with Gasteiger partial charge in [0.1, 0.15) is 5.82 Å². The number of rotatable bonds is 5. The number of piperidine rings is 1. The number of methoxy groups -OCH3 is 2. The highest BCUT2D eigenvalue weighted by Crippen LogP contribution is 2.39. The molecule has 34 heavy (non-hydrogen) atoms. The summed E-state index contributed by atoms with van der Waals surface area (Å²) in [6.45, 7) is 3.06. The second-order valence-electron chi connectivity index (χ2n) is 9.30. The summed E-state index contributed by atoms with van der Waals surface area (Å²) in [4.78, 5) is 20.5. The molecule has 1 fully saturated rings. The molecule has 7 heteroatoms. The maximum atomic E-state index is 13.6. The zero-order valence-electron chi connectivity index (χ0n) is 20.1. The molecule has 1 aromatic carbocycles. The van der Waals surface area contributed by atoms with Gasteiger partial charge in [-0.3, -0.25) is 4.79 Å². The van der Waals surface area contributed by atoms with Gasteiger partial charge in [-0.2, -0.15) is 5.10 Å². The van der Waals surface area contributed by atoms with Gasteiger partial charge in [-0.25, -0.2) is 9.99 Å². The summed E-state index contributed by atoms with van der Waals surface area (Å²) in [5.41, 5.74) is 1.95. The molecule has 178 valence electrons. The molecule has 5 rings (SSSR count). The van der Waals surface area contributed by atoms with Crippen LogP contribution in [0, 0.1) is 11.8 Å². The molecule has 0 bridgehead atoms. The number of benzene rings is 1. The number of carbonyl (C=O) groups is 1. The average molecular weight is 461 g/mol. The molecule has 2 aliphatic heterocycles. The van der Waals surface area contributed by atoms with Gasteiger partial charge < -0.3 is 14.4 Å². The van der Waals surface area contributed by atoms with Crippen molar-refractivity contribution in [1.29, 1.82) is 0 Å². The van der Waals surface area contributed by atoms with Crippen LogP contribution >= 0.6 is 0 Å². The van der Waals surface area contributed by atoms with Crippen LogP contribution in [0.15, 0.2) is 59.8 Å². The molecule has 1 saturated heterocycles. The Bertz CT molecular complexity index is 1100. The number of anilines is 1. The Kier molecular flexibility index (Phi) is 6.26. The van der Waals surface area contributed by atoms with Gasteiger partial charge in [0.05, 0.1) is 31.9 Å². The topological polar surface area (TPSA) is 67.3 Å². The van der Waals surface area contributed by atoms with Crippen LogP contribution in [0.4, 0.5) is 5.82 Å². The first-order chi connectivity index (χ1) is 16.6. The molecule has 0 saturated carbocycles. The van der Waals surface area contributed by atoms with Crippen LogP contribution in [0.25, 0.3) is 0 Å². The standard InChI is InChI=1S/C27H32N4O3/c1-18-16-20(13-15-30(18)25-10-6-7-14-28-25)31-27(32)22-9-5-4-8-21(22)26(29-31)19-11-12-23(33-2)24(17-19)34-3/h4-7,10-12,14,17-18,20-22H,8-9,13,15-16H2,1-3H3/t18?,20?,21-,22+/m0/s1. The molecule has 0 N–H and O–H groups in total. The van der Waals surface area contributed by atoms with Crippen molar-refractivity contribution in [2.45, 2.75) is 44.7 Å². The van der Waals surface area contributed by atoms with Gasteiger partial charge in [0.15, 0.2) is 11.5 Å². The SMILES string of the molecule is COc1ccc(C2=NN(C3CCN(c4ccccn4)C(C)C3)C(=O)[C@@H]3CC=CC[C@H]23)cc1OC. The number of hydrogen-bond acceptors (Lipinski definition) is 6. The monoisotopic (exact) mass is 460 g/mol. The Morgan fingerprint density at radius 3 is 2.50 bits per heavy atom. The first-order valence-electron chi connectivity index (χ1n) is 12.1. The van der Waals surface area contributed by atoms with Crippen molar-refractivity contribution in [3.05, 3.63) is 60.3 Å². The van der Waals surface area contributed by atoms with Gasteiger partial charge in [0.25, 0.3) is 0 Å². The number of nitrogens with zero attached hydrogens (tertiary/aromatic N) is 4. The quantitative estimate of drug-likeness (QED) is 0.623. The second-order valence-corrected chi connectivity index (χ2v) is 9.30. The van der Waals surface area contributed by atoms with Gasteiger partial charge in [0.2, 0.25) is 5.91 Å². The van der Waals surface area contributed by atoms with Crippen molar-refractivity contribution < 1.29 is 14.3 Å². The fourth-order valence-electron chi connectivity index (χ4n) is 5.56. The summed E-state index contributed by atoms with van der Waals surface area (Å²) in [6.07, 6.45) is 9.45. The first-order valence-corrected chi connectivity index (χ1v) is 12.1. The molecule has 0 radical (unpaired) electrons. The number of ether oxygens (including phenoxy) is 2. The number of amides is 1. The van der Waals surface area contributed by atoms with Crippen molar-refractivity contribution in [2.24, 2.45) is 16.9 Å². The minimum Gasteiger partial charge on any atom is -0.493 e. The molecule has 1 amide bonds. The number of carbonyl (C=O) groups excluding carboxylic acids is 1. The highest BCUT2D eigenvalue weighted by Gasteiger charge is 2.43. The van der Waals surface area contributed by atoms with E-state index >= 15 is 0 Å². The highest BCUT2D eigenvalue weighted by atomic mass is 16.5. The Morgan fingerprint density at radius 1 is 1.00 bits per heavy atom. The van der Waals surface area contributed by atoms with Crippen LogP contribution in [0.1, 0.15) is 38.2 Å². The van der Waals surface area contributed by atoms with E-state index in [9.17, 15) is 4.79 Å². The van der Waals surface area contributed by atoms with Crippen molar-refractivity contribution in [3.8, 4) is 11.5 Å². The fourth-order valence-corrected chi connectivity index (χ4v) is 5.56. The molecular formula is C27H32N4O3. The van der Waals surface area contributed by atoms with Crippen LogP contribution in [0.5, 0.6) is 11.5 Å².